The van der Waals surface area contributed by atoms with E-state index in [4.69, 9.17) is 11.6 Å². The summed E-state index contributed by atoms with van der Waals surface area (Å²) in [6, 6.07) is 12.2. The molecule has 1 heterocycles. The Bertz CT molecular complexity index is 783. The van der Waals surface area contributed by atoms with Gasteiger partial charge >= 0.3 is 0 Å². The third kappa shape index (κ3) is 3.60. The number of hydrogen-bond donors (Lipinski definition) is 1. The highest BCUT2D eigenvalue weighted by Gasteiger charge is 2.20. The fourth-order valence-corrected chi connectivity index (χ4v) is 3.08. The van der Waals surface area contributed by atoms with Crippen molar-refractivity contribution in [1.29, 1.82) is 0 Å². The van der Waals surface area contributed by atoms with Crippen molar-refractivity contribution in [3.8, 4) is 0 Å². The first-order valence-corrected chi connectivity index (χ1v) is 8.39. The van der Waals surface area contributed by atoms with E-state index in [9.17, 15) is 9.59 Å². The first-order valence-electron chi connectivity index (χ1n) is 8.01. The van der Waals surface area contributed by atoms with Crippen LogP contribution >= 0.6 is 11.6 Å². The summed E-state index contributed by atoms with van der Waals surface area (Å²) in [6.07, 6.45) is 2.09. The number of carbonyl (C=O) groups is 2. The van der Waals surface area contributed by atoms with Crippen molar-refractivity contribution >= 4 is 29.1 Å². The summed E-state index contributed by atoms with van der Waals surface area (Å²) in [5, 5.41) is 3.50. The van der Waals surface area contributed by atoms with Crippen molar-refractivity contribution in [2.75, 3.05) is 18.4 Å². The number of halogens is 1. The Hall–Kier alpha value is -2.33. The number of carbonyl (C=O) groups excluding carboxylic acids is 2. The average Bonchev–Trinajstić information content (AvgIpc) is 3.11. The Morgan fingerprint density at radius 3 is 2.46 bits per heavy atom. The highest BCUT2D eigenvalue weighted by atomic mass is 35.5. The lowest BCUT2D eigenvalue weighted by Gasteiger charge is -2.15. The molecule has 1 aliphatic heterocycles. The van der Waals surface area contributed by atoms with E-state index in [1.54, 1.807) is 42.5 Å². The zero-order chi connectivity index (χ0) is 17.1. The maximum atomic E-state index is 12.5. The van der Waals surface area contributed by atoms with Crippen LogP contribution in [0.4, 0.5) is 5.69 Å². The molecule has 5 heteroatoms. The molecule has 0 radical (unpaired) electrons. The number of nitrogens with one attached hydrogen (secondary N) is 1. The number of rotatable bonds is 3. The smallest absolute Gasteiger partial charge is 0.255 e. The Balaban J connectivity index is 1.77. The Labute approximate surface area is 146 Å². The lowest BCUT2D eigenvalue weighted by atomic mass is 10.1. The monoisotopic (exact) mass is 342 g/mol. The van der Waals surface area contributed by atoms with Crippen LogP contribution in [0.5, 0.6) is 0 Å². The van der Waals surface area contributed by atoms with E-state index in [2.05, 4.69) is 5.32 Å². The van der Waals surface area contributed by atoms with Crippen molar-refractivity contribution in [1.82, 2.24) is 4.90 Å². The molecule has 0 aromatic heterocycles. The lowest BCUT2D eigenvalue weighted by Crippen LogP contribution is -2.27. The number of aryl methyl sites for hydroxylation is 1. The van der Waals surface area contributed by atoms with Gasteiger partial charge in [0.05, 0.1) is 0 Å². The molecule has 1 N–H and O–H groups in total. The average molecular weight is 343 g/mol. The number of anilines is 1. The van der Waals surface area contributed by atoms with Crippen LogP contribution in [0.15, 0.2) is 42.5 Å². The van der Waals surface area contributed by atoms with Crippen molar-refractivity contribution in [2.45, 2.75) is 19.8 Å². The van der Waals surface area contributed by atoms with Crippen LogP contribution in [0.25, 0.3) is 0 Å². The molecule has 0 unspecified atom stereocenters. The van der Waals surface area contributed by atoms with Gasteiger partial charge in [-0.2, -0.15) is 0 Å². The van der Waals surface area contributed by atoms with Crippen LogP contribution in [-0.2, 0) is 0 Å². The fourth-order valence-electron chi connectivity index (χ4n) is 2.86. The second kappa shape index (κ2) is 7.05. The summed E-state index contributed by atoms with van der Waals surface area (Å²) in [4.78, 5) is 26.8. The van der Waals surface area contributed by atoms with Gasteiger partial charge in [0, 0.05) is 34.9 Å². The molecule has 0 bridgehead atoms. The molecule has 3 rings (SSSR count). The van der Waals surface area contributed by atoms with Gasteiger partial charge in [0.1, 0.15) is 0 Å². The summed E-state index contributed by atoms with van der Waals surface area (Å²) in [5.41, 5.74) is 2.62. The van der Waals surface area contributed by atoms with E-state index in [1.165, 1.54) is 0 Å². The predicted molar refractivity (Wildman–Crippen MR) is 95.7 cm³/mol. The molecule has 2 aromatic rings. The van der Waals surface area contributed by atoms with Crippen LogP contribution in [0.1, 0.15) is 39.1 Å². The Morgan fingerprint density at radius 2 is 1.75 bits per heavy atom. The van der Waals surface area contributed by atoms with Crippen molar-refractivity contribution in [2.24, 2.45) is 0 Å². The summed E-state index contributed by atoms with van der Waals surface area (Å²) in [6.45, 7) is 3.47. The third-order valence-corrected chi connectivity index (χ3v) is 4.44. The van der Waals surface area contributed by atoms with Crippen LogP contribution in [0, 0.1) is 6.92 Å². The molecule has 2 amide bonds. The van der Waals surface area contributed by atoms with Gasteiger partial charge in [-0.1, -0.05) is 17.7 Å². The van der Waals surface area contributed by atoms with Crippen LogP contribution in [-0.4, -0.2) is 29.8 Å². The van der Waals surface area contributed by atoms with Gasteiger partial charge in [0.15, 0.2) is 0 Å². The summed E-state index contributed by atoms with van der Waals surface area (Å²) >= 11 is 5.93. The second-order valence-electron chi connectivity index (χ2n) is 5.99. The van der Waals surface area contributed by atoms with Crippen molar-refractivity contribution in [3.63, 3.8) is 0 Å². The van der Waals surface area contributed by atoms with Gasteiger partial charge in [0.2, 0.25) is 0 Å². The molecule has 0 aliphatic carbocycles. The number of amides is 2. The van der Waals surface area contributed by atoms with E-state index < -0.39 is 0 Å². The van der Waals surface area contributed by atoms with E-state index >= 15 is 0 Å². The first-order chi connectivity index (χ1) is 11.5. The minimum Gasteiger partial charge on any atom is -0.339 e. The molecule has 1 aliphatic rings. The normalized spacial score (nSPS) is 13.8. The number of likely N-dealkylation sites (tertiary alicyclic amines) is 1. The Morgan fingerprint density at radius 1 is 1.04 bits per heavy atom. The number of nitrogens with zero attached hydrogens (tertiary/aromatic N) is 1. The van der Waals surface area contributed by atoms with Crippen LogP contribution in [0.2, 0.25) is 5.02 Å². The highest BCUT2D eigenvalue weighted by Crippen LogP contribution is 2.21. The summed E-state index contributed by atoms with van der Waals surface area (Å²) in [5.74, 6) is -0.249. The number of hydrogen-bond acceptors (Lipinski definition) is 2. The largest absolute Gasteiger partial charge is 0.339 e. The van der Waals surface area contributed by atoms with Crippen LogP contribution < -0.4 is 5.32 Å². The first kappa shape index (κ1) is 16.5. The zero-order valence-corrected chi connectivity index (χ0v) is 14.3. The van der Waals surface area contributed by atoms with Crippen LogP contribution in [0.3, 0.4) is 0 Å². The maximum absolute atomic E-state index is 12.5. The summed E-state index contributed by atoms with van der Waals surface area (Å²) in [7, 11) is 0. The SMILES string of the molecule is Cc1cc(Cl)ccc1NC(=O)c1cccc(C(=O)N2CCCC2)c1. The molecule has 1 fully saturated rings. The van der Waals surface area contributed by atoms with Gasteiger partial charge in [-0.15, -0.1) is 0 Å². The van der Waals surface area contributed by atoms with Gasteiger partial charge in [0.25, 0.3) is 11.8 Å². The topological polar surface area (TPSA) is 49.4 Å². The maximum Gasteiger partial charge on any atom is 0.255 e. The molecular formula is C19H19ClN2O2. The standard InChI is InChI=1S/C19H19ClN2O2/c1-13-11-16(20)7-8-17(13)21-18(23)14-5-4-6-15(12-14)19(24)22-9-2-3-10-22/h4-8,11-12H,2-3,9-10H2,1H3,(H,21,23). The molecule has 0 saturated carbocycles. The Kier molecular flexibility index (Phi) is 4.86. The summed E-state index contributed by atoms with van der Waals surface area (Å²) < 4.78 is 0. The quantitative estimate of drug-likeness (QED) is 0.911. The van der Waals surface area contributed by atoms with E-state index in [0.717, 1.165) is 31.5 Å². The van der Waals surface area contributed by atoms with Crippen molar-refractivity contribution in [3.05, 3.63) is 64.2 Å². The van der Waals surface area contributed by atoms with Gasteiger partial charge in [-0.25, -0.2) is 0 Å². The molecule has 24 heavy (non-hydrogen) atoms. The highest BCUT2D eigenvalue weighted by molar-refractivity contribution is 6.30. The predicted octanol–water partition coefficient (Wildman–Crippen LogP) is 4.14. The molecule has 2 aromatic carbocycles. The molecule has 0 atom stereocenters. The molecule has 1 saturated heterocycles. The second-order valence-corrected chi connectivity index (χ2v) is 6.43. The van der Waals surface area contributed by atoms with Crippen molar-refractivity contribution < 1.29 is 9.59 Å². The molecule has 124 valence electrons. The minimum atomic E-state index is -0.239. The third-order valence-electron chi connectivity index (χ3n) is 4.20. The van der Waals surface area contributed by atoms with E-state index in [-0.39, 0.29) is 11.8 Å². The molecule has 0 spiro atoms. The minimum absolute atomic E-state index is 0.00942. The van der Waals surface area contributed by atoms with E-state index in [0.29, 0.717) is 21.8 Å². The molecule has 4 nitrogen and oxygen atoms in total. The van der Waals surface area contributed by atoms with Gasteiger partial charge in [-0.05, 0) is 61.7 Å². The molecular weight excluding hydrogens is 324 g/mol. The number of benzene rings is 2. The van der Waals surface area contributed by atoms with E-state index in [1.807, 2.05) is 11.8 Å². The fraction of sp³-hybridized carbons (Fsp3) is 0.263. The lowest BCUT2D eigenvalue weighted by molar-refractivity contribution is 0.0793. The van der Waals surface area contributed by atoms with Gasteiger partial charge in [-0.3, -0.25) is 9.59 Å². The zero-order valence-electron chi connectivity index (χ0n) is 13.5. The van der Waals surface area contributed by atoms with Gasteiger partial charge < -0.3 is 10.2 Å².